The van der Waals surface area contributed by atoms with E-state index >= 15 is 0 Å². The molecule has 5 heteroatoms. The lowest BCUT2D eigenvalue weighted by molar-refractivity contribution is -0.136. The molecule has 0 bridgehead atoms. The number of halogens is 3. The van der Waals surface area contributed by atoms with Crippen LogP contribution in [0.2, 0.25) is 0 Å². The number of aryl methyl sites for hydroxylation is 1. The number of fused-ring (bicyclic) bond motifs is 1. The molecule has 0 heterocycles. The highest BCUT2D eigenvalue weighted by Gasteiger charge is 2.33. The first kappa shape index (κ1) is 14.6. The molecule has 1 aliphatic rings. The number of nitrogens with zero attached hydrogens (tertiary/aromatic N) is 1. The van der Waals surface area contributed by atoms with Gasteiger partial charge in [-0.1, -0.05) is 36.4 Å². The highest BCUT2D eigenvalue weighted by molar-refractivity contribution is 6.03. The van der Waals surface area contributed by atoms with Gasteiger partial charge in [-0.3, -0.25) is 5.43 Å². The molecule has 3 rings (SSSR count). The van der Waals surface area contributed by atoms with Crippen molar-refractivity contribution in [1.82, 2.24) is 0 Å². The normalized spacial score (nSPS) is 16.4. The fraction of sp³-hybridized carbons (Fsp3) is 0.235. The van der Waals surface area contributed by atoms with Crippen LogP contribution in [0.4, 0.5) is 18.9 Å². The van der Waals surface area contributed by atoms with Crippen molar-refractivity contribution in [2.24, 2.45) is 5.10 Å². The van der Waals surface area contributed by atoms with Crippen molar-refractivity contribution in [2.45, 2.75) is 25.4 Å². The van der Waals surface area contributed by atoms with E-state index in [1.165, 1.54) is 17.7 Å². The van der Waals surface area contributed by atoms with Gasteiger partial charge in [-0.2, -0.15) is 18.3 Å². The number of alkyl halides is 3. The summed E-state index contributed by atoms with van der Waals surface area (Å²) in [7, 11) is 0. The Balaban J connectivity index is 1.90. The van der Waals surface area contributed by atoms with Crippen LogP contribution in [0.3, 0.4) is 0 Å². The minimum Gasteiger partial charge on any atom is -0.278 e. The third-order valence-electron chi connectivity index (χ3n) is 3.73. The lowest BCUT2D eigenvalue weighted by atomic mass is 9.90. The van der Waals surface area contributed by atoms with E-state index < -0.39 is 11.7 Å². The Morgan fingerprint density at radius 1 is 0.909 bits per heavy atom. The highest BCUT2D eigenvalue weighted by Crippen LogP contribution is 2.34. The Kier molecular flexibility index (Phi) is 3.88. The summed E-state index contributed by atoms with van der Waals surface area (Å²) in [5.74, 6) is 0. The van der Waals surface area contributed by atoms with Gasteiger partial charge in [0.25, 0.3) is 0 Å². The number of anilines is 1. The van der Waals surface area contributed by atoms with Crippen LogP contribution < -0.4 is 5.43 Å². The molecule has 2 aromatic rings. The van der Waals surface area contributed by atoms with Crippen molar-refractivity contribution >= 4 is 11.4 Å². The first-order valence-electron chi connectivity index (χ1n) is 7.13. The summed E-state index contributed by atoms with van der Waals surface area (Å²) in [5.41, 5.74) is 4.89. The first-order chi connectivity index (χ1) is 10.6. The van der Waals surface area contributed by atoms with Gasteiger partial charge in [-0.05, 0) is 37.0 Å². The standard InChI is InChI=1S/C17H15F3N2/c18-17(19,20)14-9-3-4-10-16(14)22-21-15-11-5-7-12-6-1-2-8-13(12)15/h1-4,6,8-10,22H,5,7,11H2/b21-15-. The SMILES string of the molecule is FC(F)(F)c1ccccc1N/N=C1/CCCc2ccccc21. The van der Waals surface area contributed by atoms with Crippen LogP contribution in [0, 0.1) is 0 Å². The third kappa shape index (κ3) is 2.98. The second-order valence-electron chi connectivity index (χ2n) is 5.22. The van der Waals surface area contributed by atoms with Crippen molar-refractivity contribution < 1.29 is 13.2 Å². The molecule has 0 saturated heterocycles. The minimum atomic E-state index is -4.39. The van der Waals surface area contributed by atoms with Gasteiger partial charge in [0.2, 0.25) is 0 Å². The molecule has 0 saturated carbocycles. The molecule has 0 atom stereocenters. The van der Waals surface area contributed by atoms with Crippen molar-refractivity contribution in [1.29, 1.82) is 0 Å². The summed E-state index contributed by atoms with van der Waals surface area (Å²) in [6.07, 6.45) is -1.70. The number of hydrazone groups is 1. The number of hydrogen-bond donors (Lipinski definition) is 1. The first-order valence-corrected chi connectivity index (χ1v) is 7.13. The van der Waals surface area contributed by atoms with E-state index in [1.807, 2.05) is 24.3 Å². The molecule has 114 valence electrons. The van der Waals surface area contributed by atoms with E-state index in [4.69, 9.17) is 0 Å². The number of benzene rings is 2. The molecule has 0 fully saturated rings. The fourth-order valence-corrected chi connectivity index (χ4v) is 2.67. The molecular formula is C17H15F3N2. The van der Waals surface area contributed by atoms with Crippen LogP contribution in [-0.2, 0) is 12.6 Å². The van der Waals surface area contributed by atoms with Gasteiger partial charge in [0.05, 0.1) is 17.0 Å². The Morgan fingerprint density at radius 3 is 2.45 bits per heavy atom. The molecular weight excluding hydrogens is 289 g/mol. The maximum absolute atomic E-state index is 13.0. The van der Waals surface area contributed by atoms with Gasteiger partial charge >= 0.3 is 6.18 Å². The molecule has 22 heavy (non-hydrogen) atoms. The van der Waals surface area contributed by atoms with Crippen LogP contribution in [-0.4, -0.2) is 5.71 Å². The van der Waals surface area contributed by atoms with E-state index in [-0.39, 0.29) is 5.69 Å². The fourth-order valence-electron chi connectivity index (χ4n) is 2.67. The van der Waals surface area contributed by atoms with Gasteiger partial charge in [0.1, 0.15) is 0 Å². The predicted molar refractivity (Wildman–Crippen MR) is 81.0 cm³/mol. The summed E-state index contributed by atoms with van der Waals surface area (Å²) < 4.78 is 38.9. The molecule has 0 aliphatic heterocycles. The Bertz CT molecular complexity index is 705. The number of para-hydroxylation sites is 1. The molecule has 0 radical (unpaired) electrons. The lowest BCUT2D eigenvalue weighted by Crippen LogP contribution is -2.14. The largest absolute Gasteiger partial charge is 0.418 e. The number of nitrogens with one attached hydrogen (secondary N) is 1. The second-order valence-corrected chi connectivity index (χ2v) is 5.22. The zero-order valence-corrected chi connectivity index (χ0v) is 11.8. The molecule has 1 N–H and O–H groups in total. The smallest absolute Gasteiger partial charge is 0.278 e. The van der Waals surface area contributed by atoms with Crippen LogP contribution in [0.1, 0.15) is 29.5 Å². The predicted octanol–water partition coefficient (Wildman–Crippen LogP) is 4.86. The van der Waals surface area contributed by atoms with E-state index in [2.05, 4.69) is 10.5 Å². The summed E-state index contributed by atoms with van der Waals surface area (Å²) in [6.45, 7) is 0. The van der Waals surface area contributed by atoms with Crippen molar-refractivity contribution in [3.05, 3.63) is 65.2 Å². The second kappa shape index (κ2) is 5.83. The Hall–Kier alpha value is -2.30. The average Bonchev–Trinajstić information content (AvgIpc) is 2.52. The lowest BCUT2D eigenvalue weighted by Gasteiger charge is -2.18. The zero-order chi connectivity index (χ0) is 15.6. The van der Waals surface area contributed by atoms with Gasteiger partial charge in [-0.25, -0.2) is 0 Å². The molecule has 2 nitrogen and oxygen atoms in total. The van der Waals surface area contributed by atoms with Gasteiger partial charge in [0.15, 0.2) is 0 Å². The van der Waals surface area contributed by atoms with E-state index in [0.29, 0.717) is 0 Å². The maximum Gasteiger partial charge on any atom is 0.418 e. The minimum absolute atomic E-state index is 0.0226. The maximum atomic E-state index is 13.0. The summed E-state index contributed by atoms with van der Waals surface area (Å²) >= 11 is 0. The zero-order valence-electron chi connectivity index (χ0n) is 11.8. The monoisotopic (exact) mass is 304 g/mol. The third-order valence-corrected chi connectivity index (χ3v) is 3.73. The van der Waals surface area contributed by atoms with Gasteiger partial charge < -0.3 is 0 Å². The summed E-state index contributed by atoms with van der Waals surface area (Å²) in [6, 6.07) is 13.3. The van der Waals surface area contributed by atoms with E-state index in [9.17, 15) is 13.2 Å². The average molecular weight is 304 g/mol. The van der Waals surface area contributed by atoms with Crippen LogP contribution in [0.25, 0.3) is 0 Å². The van der Waals surface area contributed by atoms with Crippen molar-refractivity contribution in [2.75, 3.05) is 5.43 Å². The van der Waals surface area contributed by atoms with E-state index in [0.717, 1.165) is 36.6 Å². The number of hydrogen-bond acceptors (Lipinski definition) is 2. The Labute approximate surface area is 126 Å². The molecule has 0 unspecified atom stereocenters. The topological polar surface area (TPSA) is 24.4 Å². The highest BCUT2D eigenvalue weighted by atomic mass is 19.4. The van der Waals surface area contributed by atoms with Crippen LogP contribution in [0.15, 0.2) is 53.6 Å². The van der Waals surface area contributed by atoms with Crippen molar-refractivity contribution in [3.63, 3.8) is 0 Å². The molecule has 0 aromatic heterocycles. The summed E-state index contributed by atoms with van der Waals surface area (Å²) in [4.78, 5) is 0. The number of rotatable bonds is 2. The molecule has 0 amide bonds. The molecule has 1 aliphatic carbocycles. The van der Waals surface area contributed by atoms with Crippen LogP contribution >= 0.6 is 0 Å². The van der Waals surface area contributed by atoms with E-state index in [1.54, 1.807) is 6.07 Å². The Morgan fingerprint density at radius 2 is 1.64 bits per heavy atom. The molecule has 2 aromatic carbocycles. The molecule has 0 spiro atoms. The summed E-state index contributed by atoms with van der Waals surface area (Å²) in [5, 5.41) is 4.24. The van der Waals surface area contributed by atoms with Gasteiger partial charge in [-0.15, -0.1) is 0 Å². The van der Waals surface area contributed by atoms with Crippen LogP contribution in [0.5, 0.6) is 0 Å². The van der Waals surface area contributed by atoms with Crippen molar-refractivity contribution in [3.8, 4) is 0 Å². The van der Waals surface area contributed by atoms with Gasteiger partial charge in [0, 0.05) is 5.56 Å². The quantitative estimate of drug-likeness (QED) is 0.787.